The van der Waals surface area contributed by atoms with Crippen molar-refractivity contribution >= 4 is 11.8 Å². The van der Waals surface area contributed by atoms with Crippen LogP contribution >= 0.6 is 0 Å². The van der Waals surface area contributed by atoms with E-state index in [0.717, 1.165) is 22.4 Å². The molecular weight excluding hydrogens is 364 g/mol. The molecule has 0 unspecified atom stereocenters. The molecule has 29 heavy (non-hydrogen) atoms. The summed E-state index contributed by atoms with van der Waals surface area (Å²) in [7, 11) is 0. The predicted molar refractivity (Wildman–Crippen MR) is 117 cm³/mol. The van der Waals surface area contributed by atoms with Crippen molar-refractivity contribution in [2.24, 2.45) is 0 Å². The Morgan fingerprint density at radius 2 is 1.45 bits per heavy atom. The lowest BCUT2D eigenvalue weighted by atomic mass is 9.87. The summed E-state index contributed by atoms with van der Waals surface area (Å²) in [5, 5.41) is 5.58. The van der Waals surface area contributed by atoms with Gasteiger partial charge in [0.25, 0.3) is 11.8 Å². The van der Waals surface area contributed by atoms with Gasteiger partial charge in [-0.05, 0) is 60.6 Å². The van der Waals surface area contributed by atoms with Crippen molar-refractivity contribution in [2.45, 2.75) is 47.0 Å². The van der Waals surface area contributed by atoms with E-state index in [1.54, 1.807) is 0 Å². The smallest absolute Gasteiger partial charge is 0.258 e. The van der Waals surface area contributed by atoms with Gasteiger partial charge in [-0.1, -0.05) is 45.0 Å². The van der Waals surface area contributed by atoms with Crippen molar-refractivity contribution < 1.29 is 14.3 Å². The fraction of sp³-hybridized carbons (Fsp3) is 0.417. The van der Waals surface area contributed by atoms with Crippen LogP contribution in [0.3, 0.4) is 0 Å². The Labute approximate surface area is 173 Å². The molecule has 5 nitrogen and oxygen atoms in total. The van der Waals surface area contributed by atoms with Gasteiger partial charge in [0.1, 0.15) is 5.75 Å². The number of rotatable bonds is 7. The summed E-state index contributed by atoms with van der Waals surface area (Å²) in [5.41, 5.74) is 5.02. The number of hydrogen-bond acceptors (Lipinski definition) is 3. The van der Waals surface area contributed by atoms with E-state index in [4.69, 9.17) is 4.74 Å². The maximum absolute atomic E-state index is 12.2. The second-order valence-corrected chi connectivity index (χ2v) is 8.38. The first-order valence-corrected chi connectivity index (χ1v) is 9.94. The van der Waals surface area contributed by atoms with Crippen molar-refractivity contribution in [2.75, 3.05) is 19.7 Å². The lowest BCUT2D eigenvalue weighted by Gasteiger charge is -2.19. The summed E-state index contributed by atoms with van der Waals surface area (Å²) in [6.45, 7) is 13.0. The minimum atomic E-state index is -0.214. The molecule has 0 aliphatic heterocycles. The van der Waals surface area contributed by atoms with E-state index in [1.165, 1.54) is 5.56 Å². The summed E-state index contributed by atoms with van der Waals surface area (Å²) < 4.78 is 5.70. The Balaban J connectivity index is 1.74. The molecule has 0 saturated heterocycles. The molecule has 0 atom stereocenters. The fourth-order valence-corrected chi connectivity index (χ4v) is 2.94. The van der Waals surface area contributed by atoms with E-state index >= 15 is 0 Å². The van der Waals surface area contributed by atoms with Gasteiger partial charge < -0.3 is 15.4 Å². The topological polar surface area (TPSA) is 67.4 Å². The third kappa shape index (κ3) is 6.34. The summed E-state index contributed by atoms with van der Waals surface area (Å²) >= 11 is 0. The van der Waals surface area contributed by atoms with Crippen molar-refractivity contribution in [3.8, 4) is 5.75 Å². The van der Waals surface area contributed by atoms with Crippen LogP contribution in [0.5, 0.6) is 5.75 Å². The van der Waals surface area contributed by atoms with Crippen molar-refractivity contribution in [3.63, 3.8) is 0 Å². The Kier molecular flexibility index (Phi) is 7.43. The van der Waals surface area contributed by atoms with Gasteiger partial charge in [0, 0.05) is 18.7 Å². The molecule has 2 rings (SSSR count). The second-order valence-electron chi connectivity index (χ2n) is 8.38. The van der Waals surface area contributed by atoms with Gasteiger partial charge in [0.2, 0.25) is 0 Å². The number of nitrogens with one attached hydrogen (secondary N) is 2. The lowest BCUT2D eigenvalue weighted by Crippen LogP contribution is -2.36. The Hall–Kier alpha value is -2.82. The van der Waals surface area contributed by atoms with E-state index in [1.807, 2.05) is 57.2 Å². The molecule has 2 aromatic rings. The zero-order chi connectivity index (χ0) is 21.6. The van der Waals surface area contributed by atoms with Crippen LogP contribution in [0, 0.1) is 20.8 Å². The highest BCUT2D eigenvalue weighted by Gasteiger charge is 2.14. The largest absolute Gasteiger partial charge is 0.483 e. The summed E-state index contributed by atoms with van der Waals surface area (Å²) in [6, 6.07) is 11.6. The van der Waals surface area contributed by atoms with Gasteiger partial charge in [0.05, 0.1) is 0 Å². The molecule has 0 saturated carbocycles. The molecule has 0 aliphatic rings. The van der Waals surface area contributed by atoms with Crippen molar-refractivity contribution in [1.82, 2.24) is 10.6 Å². The van der Waals surface area contributed by atoms with Crippen LogP contribution in [0.15, 0.2) is 36.4 Å². The monoisotopic (exact) mass is 396 g/mol. The highest BCUT2D eigenvalue weighted by atomic mass is 16.5. The molecule has 0 spiro atoms. The number of ether oxygens (including phenoxy) is 1. The zero-order valence-corrected chi connectivity index (χ0v) is 18.3. The van der Waals surface area contributed by atoms with E-state index in [-0.39, 0.29) is 23.8 Å². The zero-order valence-electron chi connectivity index (χ0n) is 18.3. The lowest BCUT2D eigenvalue weighted by molar-refractivity contribution is -0.123. The van der Waals surface area contributed by atoms with E-state index in [0.29, 0.717) is 18.7 Å². The van der Waals surface area contributed by atoms with Crippen LogP contribution in [0.25, 0.3) is 0 Å². The molecule has 2 aromatic carbocycles. The van der Waals surface area contributed by atoms with Crippen LogP contribution in [0.2, 0.25) is 0 Å². The van der Waals surface area contributed by atoms with Crippen LogP contribution in [-0.4, -0.2) is 31.5 Å². The SMILES string of the molecule is Cc1ccc(C)c(OCC(=O)NCCNC(=O)c2ccc(C(C)(C)C)cc2)c1C. The highest BCUT2D eigenvalue weighted by molar-refractivity contribution is 5.94. The molecular formula is C24H32N2O3. The molecule has 2 N–H and O–H groups in total. The number of aryl methyl sites for hydroxylation is 2. The first-order chi connectivity index (χ1) is 13.6. The Morgan fingerprint density at radius 3 is 2.07 bits per heavy atom. The maximum atomic E-state index is 12.2. The van der Waals surface area contributed by atoms with Gasteiger partial charge >= 0.3 is 0 Å². The second kappa shape index (κ2) is 9.59. The Bertz CT molecular complexity index is 865. The summed E-state index contributed by atoms with van der Waals surface area (Å²) in [6.07, 6.45) is 0. The molecule has 0 aliphatic carbocycles. The van der Waals surface area contributed by atoms with E-state index < -0.39 is 0 Å². The third-order valence-electron chi connectivity index (χ3n) is 4.97. The molecule has 5 heteroatoms. The number of benzene rings is 2. The number of carbonyl (C=O) groups excluding carboxylic acids is 2. The van der Waals surface area contributed by atoms with Crippen molar-refractivity contribution in [1.29, 1.82) is 0 Å². The molecule has 0 radical (unpaired) electrons. The van der Waals surface area contributed by atoms with Gasteiger partial charge in [0.15, 0.2) is 6.61 Å². The van der Waals surface area contributed by atoms with Crippen LogP contribution in [-0.2, 0) is 10.2 Å². The first kappa shape index (κ1) is 22.5. The van der Waals surface area contributed by atoms with Crippen LogP contribution in [0.1, 0.15) is 53.4 Å². The fourth-order valence-electron chi connectivity index (χ4n) is 2.94. The highest BCUT2D eigenvalue weighted by Crippen LogP contribution is 2.25. The number of carbonyl (C=O) groups is 2. The van der Waals surface area contributed by atoms with Gasteiger partial charge in [-0.3, -0.25) is 9.59 Å². The average Bonchev–Trinajstić information content (AvgIpc) is 2.67. The standard InChI is InChI=1S/C24H32N2O3/c1-16-7-8-17(2)22(18(16)3)29-15-21(27)25-13-14-26-23(28)19-9-11-20(12-10-19)24(4,5)6/h7-12H,13-15H2,1-6H3,(H,25,27)(H,26,28). The van der Waals surface area contributed by atoms with Crippen LogP contribution in [0.4, 0.5) is 0 Å². The van der Waals surface area contributed by atoms with Crippen molar-refractivity contribution in [3.05, 3.63) is 64.2 Å². The van der Waals surface area contributed by atoms with Crippen LogP contribution < -0.4 is 15.4 Å². The molecule has 0 heterocycles. The van der Waals surface area contributed by atoms with E-state index in [2.05, 4.69) is 31.4 Å². The molecule has 0 bridgehead atoms. The van der Waals surface area contributed by atoms with Gasteiger partial charge in [-0.15, -0.1) is 0 Å². The number of amides is 2. The molecule has 0 aromatic heterocycles. The van der Waals surface area contributed by atoms with E-state index in [9.17, 15) is 9.59 Å². The van der Waals surface area contributed by atoms with Gasteiger partial charge in [-0.25, -0.2) is 0 Å². The molecule has 156 valence electrons. The minimum absolute atomic E-state index is 0.0483. The third-order valence-corrected chi connectivity index (χ3v) is 4.97. The predicted octanol–water partition coefficient (Wildman–Crippen LogP) is 3.83. The average molecular weight is 397 g/mol. The normalized spacial score (nSPS) is 11.1. The number of hydrogen-bond donors (Lipinski definition) is 2. The molecule has 0 fully saturated rings. The quantitative estimate of drug-likeness (QED) is 0.699. The summed E-state index contributed by atoms with van der Waals surface area (Å²) in [5.74, 6) is 0.392. The van der Waals surface area contributed by atoms with Gasteiger partial charge in [-0.2, -0.15) is 0 Å². The Morgan fingerprint density at radius 1 is 0.862 bits per heavy atom. The summed E-state index contributed by atoms with van der Waals surface area (Å²) in [4.78, 5) is 24.2. The molecule has 2 amide bonds. The first-order valence-electron chi connectivity index (χ1n) is 9.94. The maximum Gasteiger partial charge on any atom is 0.258 e. The minimum Gasteiger partial charge on any atom is -0.483 e.